The molecule has 0 aromatic heterocycles. The molecule has 4 nitrogen and oxygen atoms in total. The zero-order valence-corrected chi connectivity index (χ0v) is 5.63. The standard InChI is InChI=1S/C2H2O4.Sb/c3-1(4)2(5)6;/h(H,3,4)(H,5,6);/q;+2/p-2. The van der Waals surface area contributed by atoms with E-state index in [1.165, 1.54) is 0 Å². The molecule has 0 atom stereocenters. The van der Waals surface area contributed by atoms with Crippen molar-refractivity contribution in [1.82, 2.24) is 0 Å². The van der Waals surface area contributed by atoms with Gasteiger partial charge in [0.1, 0.15) is 0 Å². The van der Waals surface area contributed by atoms with Crippen LogP contribution in [-0.2, 0) is 15.6 Å². The fourth-order valence-electron chi connectivity index (χ4n) is 0.161. The fraction of sp³-hybridized carbons (Fsp3) is 0. The van der Waals surface area contributed by atoms with Gasteiger partial charge < -0.3 is 0 Å². The van der Waals surface area contributed by atoms with Gasteiger partial charge in [-0.15, -0.1) is 0 Å². The Bertz CT molecular complexity index is 105. The number of carbonyl (C=O) groups is 2. The molecule has 0 spiro atoms. The van der Waals surface area contributed by atoms with Gasteiger partial charge in [0.2, 0.25) is 0 Å². The zero-order valence-electron chi connectivity index (χ0n) is 3.08. The number of carbonyl (C=O) groups excluding carboxylic acids is 2. The quantitative estimate of drug-likeness (QED) is 0.365. The Morgan fingerprint density at radius 2 is 1.57 bits per heavy atom. The summed E-state index contributed by atoms with van der Waals surface area (Å²) in [5, 5.41) is 0. The van der Waals surface area contributed by atoms with E-state index in [2.05, 4.69) is 6.03 Å². The summed E-state index contributed by atoms with van der Waals surface area (Å²) in [4.78, 5) is 19.8. The van der Waals surface area contributed by atoms with Crippen LogP contribution in [0.1, 0.15) is 0 Å². The molecular formula is C2O4Sb. The van der Waals surface area contributed by atoms with Crippen molar-refractivity contribution in [2.24, 2.45) is 0 Å². The third kappa shape index (κ3) is 0.854. The second-order valence-corrected chi connectivity index (χ2v) is 2.30. The van der Waals surface area contributed by atoms with Crippen molar-refractivity contribution in [1.29, 1.82) is 0 Å². The Balaban J connectivity index is 2.65. The molecule has 1 aliphatic rings. The van der Waals surface area contributed by atoms with E-state index in [0.29, 0.717) is 0 Å². The molecule has 0 amide bonds. The van der Waals surface area contributed by atoms with E-state index in [9.17, 15) is 9.59 Å². The van der Waals surface area contributed by atoms with Gasteiger partial charge >= 0.3 is 50.0 Å². The van der Waals surface area contributed by atoms with Gasteiger partial charge in [-0.05, 0) is 0 Å². The average molecular weight is 210 g/mol. The van der Waals surface area contributed by atoms with Crippen LogP contribution in [0.25, 0.3) is 0 Å². The molecule has 0 saturated carbocycles. The minimum absolute atomic E-state index is 0.836. The minimum atomic E-state index is -1.33. The van der Waals surface area contributed by atoms with Gasteiger partial charge in [-0.25, -0.2) is 0 Å². The van der Waals surface area contributed by atoms with Crippen LogP contribution < -0.4 is 0 Å². The summed E-state index contributed by atoms with van der Waals surface area (Å²) in [6.45, 7) is 0. The van der Waals surface area contributed by atoms with Crippen molar-refractivity contribution in [3.63, 3.8) is 0 Å². The summed E-state index contributed by atoms with van der Waals surface area (Å²) in [7, 11) is 0. The van der Waals surface area contributed by atoms with E-state index in [0.717, 1.165) is 0 Å². The van der Waals surface area contributed by atoms with Crippen LogP contribution >= 0.6 is 0 Å². The van der Waals surface area contributed by atoms with E-state index < -0.39 is 34.4 Å². The van der Waals surface area contributed by atoms with Gasteiger partial charge in [0, 0.05) is 0 Å². The van der Waals surface area contributed by atoms with Gasteiger partial charge in [0.15, 0.2) is 0 Å². The van der Waals surface area contributed by atoms with Crippen molar-refractivity contribution in [2.45, 2.75) is 0 Å². The molecule has 1 aliphatic heterocycles. The SMILES string of the molecule is O=C1[O][Sb][O]C1=O. The first-order chi connectivity index (χ1) is 3.30. The molecule has 1 rings (SSSR count). The Labute approximate surface area is 50.4 Å². The molecule has 5 heteroatoms. The molecule has 1 saturated heterocycles. The molecule has 1 fully saturated rings. The second-order valence-electron chi connectivity index (χ2n) is 0.832. The molecule has 0 aromatic rings. The van der Waals surface area contributed by atoms with Crippen molar-refractivity contribution in [2.75, 3.05) is 0 Å². The third-order valence-corrected chi connectivity index (χ3v) is 1.78. The summed E-state index contributed by atoms with van der Waals surface area (Å²) in [6.07, 6.45) is 0. The average Bonchev–Trinajstić information content (AvgIpc) is 1.91. The Kier molecular flexibility index (Phi) is 1.19. The molecule has 1 heterocycles. The molecule has 7 heavy (non-hydrogen) atoms. The monoisotopic (exact) mass is 209 g/mol. The molecule has 0 bridgehead atoms. The van der Waals surface area contributed by atoms with Crippen molar-refractivity contribution < 1.29 is 15.6 Å². The topological polar surface area (TPSA) is 52.6 Å². The van der Waals surface area contributed by atoms with E-state index in [1.807, 2.05) is 0 Å². The van der Waals surface area contributed by atoms with Gasteiger partial charge in [-0.2, -0.15) is 0 Å². The summed E-state index contributed by atoms with van der Waals surface area (Å²) >= 11 is -1.33. The molecular weight excluding hydrogens is 210 g/mol. The number of hydrogen-bond acceptors (Lipinski definition) is 4. The number of hydrogen-bond donors (Lipinski definition) is 0. The van der Waals surface area contributed by atoms with Gasteiger partial charge in [-0.3, -0.25) is 0 Å². The van der Waals surface area contributed by atoms with Crippen LogP contribution in [0.3, 0.4) is 0 Å². The van der Waals surface area contributed by atoms with E-state index in [4.69, 9.17) is 0 Å². The number of rotatable bonds is 0. The van der Waals surface area contributed by atoms with Crippen LogP contribution in [-0.4, -0.2) is 34.4 Å². The fourth-order valence-corrected chi connectivity index (χ4v) is 1.08. The van der Waals surface area contributed by atoms with Crippen molar-refractivity contribution in [3.8, 4) is 0 Å². The molecule has 0 aromatic carbocycles. The maximum absolute atomic E-state index is 9.91. The van der Waals surface area contributed by atoms with Crippen LogP contribution in [0.15, 0.2) is 0 Å². The molecule has 0 aliphatic carbocycles. The maximum atomic E-state index is 9.91. The normalized spacial score (nSPS) is 18.9. The first-order valence-electron chi connectivity index (χ1n) is 1.43. The summed E-state index contributed by atoms with van der Waals surface area (Å²) in [5.74, 6) is -1.67. The van der Waals surface area contributed by atoms with Crippen LogP contribution in [0.4, 0.5) is 0 Å². The van der Waals surface area contributed by atoms with Crippen LogP contribution in [0.2, 0.25) is 0 Å². The molecule has 0 unspecified atom stereocenters. The van der Waals surface area contributed by atoms with E-state index >= 15 is 0 Å². The molecule has 1 radical (unpaired) electrons. The predicted octanol–water partition coefficient (Wildman–Crippen LogP) is -1.38. The Morgan fingerprint density at radius 1 is 1.14 bits per heavy atom. The van der Waals surface area contributed by atoms with Crippen molar-refractivity contribution >= 4 is 34.4 Å². The summed E-state index contributed by atoms with van der Waals surface area (Å²) in [5.41, 5.74) is 0. The first kappa shape index (κ1) is 4.91. The Morgan fingerprint density at radius 3 is 1.71 bits per heavy atom. The van der Waals surface area contributed by atoms with Crippen molar-refractivity contribution in [3.05, 3.63) is 0 Å². The van der Waals surface area contributed by atoms with E-state index in [-0.39, 0.29) is 0 Å². The molecule has 0 N–H and O–H groups in total. The Hall–Kier alpha value is -0.242. The molecule has 37 valence electrons. The summed E-state index contributed by atoms with van der Waals surface area (Å²) < 4.78 is 8.41. The third-order valence-electron chi connectivity index (χ3n) is 0.407. The first-order valence-corrected chi connectivity index (χ1v) is 3.52. The van der Waals surface area contributed by atoms with Crippen LogP contribution in [0.5, 0.6) is 0 Å². The van der Waals surface area contributed by atoms with Gasteiger partial charge in [0.25, 0.3) is 0 Å². The predicted molar refractivity (Wildman–Crippen MR) is 17.9 cm³/mol. The van der Waals surface area contributed by atoms with Gasteiger partial charge in [-0.1, -0.05) is 0 Å². The second kappa shape index (κ2) is 1.70. The van der Waals surface area contributed by atoms with E-state index in [1.54, 1.807) is 0 Å². The summed E-state index contributed by atoms with van der Waals surface area (Å²) in [6, 6.07) is 0. The zero-order chi connectivity index (χ0) is 5.28. The van der Waals surface area contributed by atoms with Crippen LogP contribution in [0, 0.1) is 0 Å². The van der Waals surface area contributed by atoms with Gasteiger partial charge in [0.05, 0.1) is 0 Å².